The van der Waals surface area contributed by atoms with Crippen molar-refractivity contribution in [2.75, 3.05) is 25.1 Å². The third kappa shape index (κ3) is 2.26. The molecular weight excluding hydrogens is 234 g/mol. The van der Waals surface area contributed by atoms with Gasteiger partial charge in [0, 0.05) is 32.0 Å². The highest BCUT2D eigenvalue weighted by Gasteiger charge is 2.24. The van der Waals surface area contributed by atoms with Crippen LogP contribution in [0.25, 0.3) is 0 Å². The van der Waals surface area contributed by atoms with E-state index in [0.717, 1.165) is 25.2 Å². The highest BCUT2D eigenvalue weighted by Crippen LogP contribution is 2.28. The molecule has 0 radical (unpaired) electrons. The SMILES string of the molecule is COC1CCN(c2ccc(C#N)c([N+](=O)[O-])c2)C1. The highest BCUT2D eigenvalue weighted by atomic mass is 16.6. The summed E-state index contributed by atoms with van der Waals surface area (Å²) in [5, 5.41) is 19.7. The number of methoxy groups -OCH3 is 1. The van der Waals surface area contributed by atoms with Crippen LogP contribution in [0.1, 0.15) is 12.0 Å². The number of anilines is 1. The lowest BCUT2D eigenvalue weighted by atomic mass is 10.1. The zero-order chi connectivity index (χ0) is 13.1. The van der Waals surface area contributed by atoms with Gasteiger partial charge in [-0.1, -0.05) is 0 Å². The van der Waals surface area contributed by atoms with E-state index in [1.54, 1.807) is 13.2 Å². The predicted molar refractivity (Wildman–Crippen MR) is 65.4 cm³/mol. The quantitative estimate of drug-likeness (QED) is 0.599. The van der Waals surface area contributed by atoms with Gasteiger partial charge in [0.05, 0.1) is 11.0 Å². The summed E-state index contributed by atoms with van der Waals surface area (Å²) in [6.45, 7) is 1.53. The van der Waals surface area contributed by atoms with Crippen LogP contribution in [0.3, 0.4) is 0 Å². The Bertz CT molecular complexity index is 510. The van der Waals surface area contributed by atoms with E-state index in [1.165, 1.54) is 12.1 Å². The normalized spacial score (nSPS) is 18.7. The fourth-order valence-corrected chi connectivity index (χ4v) is 2.12. The van der Waals surface area contributed by atoms with Gasteiger partial charge in [0.1, 0.15) is 11.6 Å². The van der Waals surface area contributed by atoms with Gasteiger partial charge in [-0.25, -0.2) is 0 Å². The first kappa shape index (κ1) is 12.3. The van der Waals surface area contributed by atoms with E-state index in [2.05, 4.69) is 0 Å². The maximum absolute atomic E-state index is 10.9. The van der Waals surface area contributed by atoms with Crippen molar-refractivity contribution in [2.45, 2.75) is 12.5 Å². The van der Waals surface area contributed by atoms with Crippen molar-refractivity contribution in [3.63, 3.8) is 0 Å². The summed E-state index contributed by atoms with van der Waals surface area (Å²) in [5.41, 5.74) is 0.711. The van der Waals surface area contributed by atoms with Crippen LogP contribution in [0.2, 0.25) is 0 Å². The Balaban J connectivity index is 2.28. The van der Waals surface area contributed by atoms with E-state index in [1.807, 2.05) is 11.0 Å². The average molecular weight is 247 g/mol. The third-order valence-electron chi connectivity index (χ3n) is 3.14. The Morgan fingerprint density at radius 2 is 2.39 bits per heavy atom. The summed E-state index contributed by atoms with van der Waals surface area (Å²) in [6.07, 6.45) is 1.07. The molecule has 1 aromatic carbocycles. The van der Waals surface area contributed by atoms with Crippen molar-refractivity contribution in [1.82, 2.24) is 0 Å². The number of nitro groups is 1. The van der Waals surface area contributed by atoms with Gasteiger partial charge in [0.2, 0.25) is 0 Å². The first-order chi connectivity index (χ1) is 8.65. The van der Waals surface area contributed by atoms with Crippen molar-refractivity contribution < 1.29 is 9.66 Å². The predicted octanol–water partition coefficient (Wildman–Crippen LogP) is 1.69. The smallest absolute Gasteiger partial charge is 0.289 e. The molecule has 0 bridgehead atoms. The largest absolute Gasteiger partial charge is 0.380 e. The van der Waals surface area contributed by atoms with E-state index in [9.17, 15) is 10.1 Å². The molecule has 1 fully saturated rings. The van der Waals surface area contributed by atoms with Gasteiger partial charge in [-0.3, -0.25) is 10.1 Å². The Morgan fingerprint density at radius 1 is 1.61 bits per heavy atom. The zero-order valence-electron chi connectivity index (χ0n) is 10.00. The number of nitriles is 1. The Morgan fingerprint density at radius 3 is 2.94 bits per heavy atom. The molecule has 6 heteroatoms. The van der Waals surface area contributed by atoms with E-state index in [0.29, 0.717) is 0 Å². The maximum Gasteiger partial charge on any atom is 0.289 e. The first-order valence-electron chi connectivity index (χ1n) is 5.62. The Hall–Kier alpha value is -2.13. The molecule has 0 saturated carbocycles. The Kier molecular flexibility index (Phi) is 3.44. The topological polar surface area (TPSA) is 79.4 Å². The molecule has 18 heavy (non-hydrogen) atoms. The number of hydrogen-bond acceptors (Lipinski definition) is 5. The molecule has 94 valence electrons. The molecule has 1 unspecified atom stereocenters. The van der Waals surface area contributed by atoms with E-state index in [4.69, 9.17) is 10.00 Å². The molecule has 1 saturated heterocycles. The van der Waals surface area contributed by atoms with E-state index in [-0.39, 0.29) is 17.4 Å². The summed E-state index contributed by atoms with van der Waals surface area (Å²) < 4.78 is 5.26. The molecule has 2 rings (SSSR count). The summed E-state index contributed by atoms with van der Waals surface area (Å²) in [4.78, 5) is 12.4. The lowest BCUT2D eigenvalue weighted by Gasteiger charge is -2.18. The van der Waals surface area contributed by atoms with Crippen molar-refractivity contribution in [3.8, 4) is 6.07 Å². The lowest BCUT2D eigenvalue weighted by Crippen LogP contribution is -2.22. The molecule has 1 atom stereocenters. The van der Waals surface area contributed by atoms with E-state index >= 15 is 0 Å². The Labute approximate surface area is 105 Å². The van der Waals surface area contributed by atoms with Crippen LogP contribution in [0.5, 0.6) is 0 Å². The van der Waals surface area contributed by atoms with Gasteiger partial charge < -0.3 is 9.64 Å². The van der Waals surface area contributed by atoms with Crippen molar-refractivity contribution in [2.24, 2.45) is 0 Å². The van der Waals surface area contributed by atoms with Gasteiger partial charge in [-0.05, 0) is 18.6 Å². The minimum absolute atomic E-state index is 0.0891. The summed E-state index contributed by atoms with van der Waals surface area (Å²) in [7, 11) is 1.66. The molecule has 0 N–H and O–H groups in total. The molecule has 1 heterocycles. The second kappa shape index (κ2) is 5.02. The number of rotatable bonds is 3. The van der Waals surface area contributed by atoms with Gasteiger partial charge in [0.25, 0.3) is 5.69 Å². The second-order valence-electron chi connectivity index (χ2n) is 4.16. The molecule has 1 aliphatic heterocycles. The first-order valence-corrected chi connectivity index (χ1v) is 5.62. The third-order valence-corrected chi connectivity index (χ3v) is 3.14. The van der Waals surface area contributed by atoms with Gasteiger partial charge in [-0.2, -0.15) is 5.26 Å². The molecular formula is C12H13N3O3. The van der Waals surface area contributed by atoms with Crippen molar-refractivity contribution in [1.29, 1.82) is 5.26 Å². The fourth-order valence-electron chi connectivity index (χ4n) is 2.12. The van der Waals surface area contributed by atoms with Gasteiger partial charge in [0.15, 0.2) is 0 Å². The molecule has 6 nitrogen and oxygen atoms in total. The monoisotopic (exact) mass is 247 g/mol. The van der Waals surface area contributed by atoms with E-state index < -0.39 is 4.92 Å². The van der Waals surface area contributed by atoms with Gasteiger partial charge in [-0.15, -0.1) is 0 Å². The molecule has 0 amide bonds. The molecule has 0 spiro atoms. The standard InChI is InChI=1S/C12H13N3O3/c1-18-11-4-5-14(8-11)10-3-2-9(7-13)12(6-10)15(16)17/h2-3,6,11H,4-5,8H2,1H3. The number of nitrogens with zero attached hydrogens (tertiary/aromatic N) is 3. The number of hydrogen-bond donors (Lipinski definition) is 0. The zero-order valence-corrected chi connectivity index (χ0v) is 10.00. The maximum atomic E-state index is 10.9. The average Bonchev–Trinajstić information content (AvgIpc) is 2.86. The van der Waals surface area contributed by atoms with Crippen LogP contribution in [0, 0.1) is 21.4 Å². The van der Waals surface area contributed by atoms with Crippen molar-refractivity contribution in [3.05, 3.63) is 33.9 Å². The van der Waals surface area contributed by atoms with Crippen LogP contribution >= 0.6 is 0 Å². The van der Waals surface area contributed by atoms with Crippen LogP contribution < -0.4 is 4.90 Å². The van der Waals surface area contributed by atoms with Gasteiger partial charge >= 0.3 is 0 Å². The molecule has 0 aromatic heterocycles. The van der Waals surface area contributed by atoms with Crippen LogP contribution in [0.4, 0.5) is 11.4 Å². The minimum atomic E-state index is -0.522. The van der Waals surface area contributed by atoms with Crippen LogP contribution in [-0.4, -0.2) is 31.2 Å². The molecule has 0 aliphatic carbocycles. The van der Waals surface area contributed by atoms with Crippen molar-refractivity contribution >= 4 is 11.4 Å². The van der Waals surface area contributed by atoms with Crippen LogP contribution in [-0.2, 0) is 4.74 Å². The summed E-state index contributed by atoms with van der Waals surface area (Å²) in [6, 6.07) is 6.52. The molecule has 1 aliphatic rings. The summed E-state index contributed by atoms with van der Waals surface area (Å²) >= 11 is 0. The number of nitro benzene ring substituents is 1. The second-order valence-corrected chi connectivity index (χ2v) is 4.16. The lowest BCUT2D eigenvalue weighted by molar-refractivity contribution is -0.385. The fraction of sp³-hybridized carbons (Fsp3) is 0.417. The summed E-state index contributed by atoms with van der Waals surface area (Å²) in [5.74, 6) is 0. The number of ether oxygens (including phenoxy) is 1. The van der Waals surface area contributed by atoms with Crippen LogP contribution in [0.15, 0.2) is 18.2 Å². The number of benzene rings is 1. The highest BCUT2D eigenvalue weighted by molar-refractivity contribution is 5.60. The minimum Gasteiger partial charge on any atom is -0.380 e. The molecule has 1 aromatic rings.